The van der Waals surface area contributed by atoms with Gasteiger partial charge in [-0.05, 0) is 48.4 Å². The smallest absolute Gasteiger partial charge is 0.126 e. The summed E-state index contributed by atoms with van der Waals surface area (Å²) in [5.74, 6) is 3.61. The third kappa shape index (κ3) is 6.92. The van der Waals surface area contributed by atoms with Gasteiger partial charge >= 0.3 is 0 Å². The maximum absolute atomic E-state index is 6.48. The second kappa shape index (κ2) is 12.3. The molecule has 2 aromatic carbocycles. The summed E-state index contributed by atoms with van der Waals surface area (Å²) in [7, 11) is 0. The van der Waals surface area contributed by atoms with Crippen LogP contribution in [-0.4, -0.2) is 38.6 Å². The summed E-state index contributed by atoms with van der Waals surface area (Å²) in [6, 6.07) is 15.4. The number of unbranched alkanes of at least 4 members (excludes halogenated alkanes) is 1. The summed E-state index contributed by atoms with van der Waals surface area (Å²) in [6.45, 7) is 7.58. The van der Waals surface area contributed by atoms with E-state index in [0.717, 1.165) is 49.9 Å². The molecule has 2 saturated heterocycles. The topological polar surface area (TPSA) is 43.5 Å². The van der Waals surface area contributed by atoms with E-state index in [-0.39, 0.29) is 12.2 Å². The zero-order valence-electron chi connectivity index (χ0n) is 22.0. The van der Waals surface area contributed by atoms with Gasteiger partial charge in [-0.25, -0.2) is 0 Å². The van der Waals surface area contributed by atoms with Gasteiger partial charge in [0.2, 0.25) is 0 Å². The first-order valence-electron chi connectivity index (χ1n) is 14.1. The van der Waals surface area contributed by atoms with E-state index >= 15 is 0 Å². The molecule has 0 aromatic heterocycles. The standard InChI is InChI=1S/C32H42O4/c1-3-5-7-23(4-2)18-27-8-6-9-31(32(27)36-22-30-21-35-30)26-12-10-24(11-13-26)25-14-16-28(17-15-25)33-19-29-20-34-29/h6,8-10,12,14-17,23-24,26,29-30H,3-5,7,11,13,18-22H2,1-2H3. The molecule has 2 aliphatic heterocycles. The van der Waals surface area contributed by atoms with Gasteiger partial charge in [-0.2, -0.15) is 0 Å². The Kier molecular flexibility index (Phi) is 8.66. The van der Waals surface area contributed by atoms with Crippen LogP contribution in [0.3, 0.4) is 0 Å². The Hall–Kier alpha value is -2.30. The van der Waals surface area contributed by atoms with Crippen LogP contribution in [0.25, 0.3) is 0 Å². The molecule has 36 heavy (non-hydrogen) atoms. The van der Waals surface area contributed by atoms with E-state index in [1.165, 1.54) is 42.4 Å². The van der Waals surface area contributed by atoms with Crippen LogP contribution >= 0.6 is 0 Å². The average Bonchev–Trinajstić information content (AvgIpc) is 3.85. The first kappa shape index (κ1) is 25.4. The summed E-state index contributed by atoms with van der Waals surface area (Å²) < 4.78 is 23.0. The lowest BCUT2D eigenvalue weighted by molar-refractivity contribution is 0.257. The molecule has 5 atom stereocenters. The van der Waals surface area contributed by atoms with Crippen LogP contribution in [0.5, 0.6) is 11.5 Å². The van der Waals surface area contributed by atoms with Crippen molar-refractivity contribution in [3.05, 3.63) is 71.3 Å². The van der Waals surface area contributed by atoms with Crippen LogP contribution < -0.4 is 9.47 Å². The molecule has 0 amide bonds. The van der Waals surface area contributed by atoms with Crippen molar-refractivity contribution >= 4 is 0 Å². The number of rotatable bonds is 14. The van der Waals surface area contributed by atoms with E-state index in [4.69, 9.17) is 18.9 Å². The van der Waals surface area contributed by atoms with Crippen molar-refractivity contribution in [1.82, 2.24) is 0 Å². The molecular formula is C32H42O4. The minimum atomic E-state index is 0.267. The fraction of sp³-hybridized carbons (Fsp3) is 0.562. The predicted molar refractivity (Wildman–Crippen MR) is 144 cm³/mol. The summed E-state index contributed by atoms with van der Waals surface area (Å²) in [6.07, 6.45) is 13.8. The molecule has 0 bridgehead atoms. The normalized spacial score (nSPS) is 25.4. The minimum Gasteiger partial charge on any atom is -0.491 e. The zero-order valence-corrected chi connectivity index (χ0v) is 22.0. The highest BCUT2D eigenvalue weighted by Crippen LogP contribution is 2.41. The lowest BCUT2D eigenvalue weighted by Crippen LogP contribution is -2.13. The molecule has 2 aromatic rings. The molecule has 0 radical (unpaired) electrons. The number of para-hydroxylation sites is 1. The SMILES string of the molecule is CCCCC(CC)Cc1cccc(C2C=CC(c3ccc(OCC4CO4)cc3)CC2)c1OCC1CO1. The van der Waals surface area contributed by atoms with Crippen molar-refractivity contribution in [2.45, 2.75) is 82.8 Å². The van der Waals surface area contributed by atoms with Gasteiger partial charge in [-0.1, -0.05) is 82.0 Å². The van der Waals surface area contributed by atoms with Gasteiger partial charge in [-0.15, -0.1) is 0 Å². The molecule has 4 nitrogen and oxygen atoms in total. The highest BCUT2D eigenvalue weighted by molar-refractivity contribution is 5.46. The third-order valence-electron chi connectivity index (χ3n) is 7.91. The molecule has 0 N–H and O–H groups in total. The molecule has 5 rings (SSSR count). The molecule has 2 heterocycles. The van der Waals surface area contributed by atoms with Gasteiger partial charge in [-0.3, -0.25) is 0 Å². The van der Waals surface area contributed by atoms with Crippen LogP contribution in [0, 0.1) is 5.92 Å². The number of epoxide rings is 2. The number of hydrogen-bond acceptors (Lipinski definition) is 4. The third-order valence-corrected chi connectivity index (χ3v) is 7.91. The van der Waals surface area contributed by atoms with Crippen molar-refractivity contribution in [1.29, 1.82) is 0 Å². The number of hydrogen-bond donors (Lipinski definition) is 0. The monoisotopic (exact) mass is 490 g/mol. The van der Waals surface area contributed by atoms with Crippen LogP contribution in [0.1, 0.15) is 80.9 Å². The Morgan fingerprint density at radius 1 is 0.861 bits per heavy atom. The van der Waals surface area contributed by atoms with E-state index in [1.807, 2.05) is 0 Å². The van der Waals surface area contributed by atoms with Gasteiger partial charge < -0.3 is 18.9 Å². The van der Waals surface area contributed by atoms with E-state index in [1.54, 1.807) is 0 Å². The molecule has 5 unspecified atom stereocenters. The average molecular weight is 491 g/mol. The Morgan fingerprint density at radius 2 is 1.56 bits per heavy atom. The maximum atomic E-state index is 6.48. The molecule has 2 fully saturated rings. The van der Waals surface area contributed by atoms with Crippen molar-refractivity contribution in [2.24, 2.45) is 5.92 Å². The maximum Gasteiger partial charge on any atom is 0.126 e. The fourth-order valence-electron chi connectivity index (χ4n) is 5.35. The van der Waals surface area contributed by atoms with Crippen LogP contribution in [0.15, 0.2) is 54.6 Å². The Bertz CT molecular complexity index is 990. The number of allylic oxidation sites excluding steroid dienone is 2. The van der Waals surface area contributed by atoms with Crippen molar-refractivity contribution in [3.8, 4) is 11.5 Å². The van der Waals surface area contributed by atoms with E-state index < -0.39 is 0 Å². The fourth-order valence-corrected chi connectivity index (χ4v) is 5.35. The second-order valence-corrected chi connectivity index (χ2v) is 10.7. The Balaban J connectivity index is 1.28. The van der Waals surface area contributed by atoms with Gasteiger partial charge in [0.25, 0.3) is 0 Å². The van der Waals surface area contributed by atoms with E-state index in [2.05, 4.69) is 68.5 Å². The lowest BCUT2D eigenvalue weighted by atomic mass is 9.80. The van der Waals surface area contributed by atoms with Crippen LogP contribution in [0.4, 0.5) is 0 Å². The molecule has 194 valence electrons. The quantitative estimate of drug-likeness (QED) is 0.207. The highest BCUT2D eigenvalue weighted by atomic mass is 16.6. The molecular weight excluding hydrogens is 448 g/mol. The Morgan fingerprint density at radius 3 is 2.19 bits per heavy atom. The molecule has 3 aliphatic rings. The predicted octanol–water partition coefficient (Wildman–Crippen LogP) is 7.22. The molecule has 0 spiro atoms. The number of benzene rings is 2. The lowest BCUT2D eigenvalue weighted by Gasteiger charge is -2.27. The first-order chi connectivity index (χ1) is 17.7. The largest absolute Gasteiger partial charge is 0.491 e. The van der Waals surface area contributed by atoms with E-state index in [9.17, 15) is 0 Å². The van der Waals surface area contributed by atoms with Crippen molar-refractivity contribution in [2.75, 3.05) is 26.4 Å². The van der Waals surface area contributed by atoms with Gasteiger partial charge in [0, 0.05) is 17.4 Å². The second-order valence-electron chi connectivity index (χ2n) is 10.7. The van der Waals surface area contributed by atoms with Crippen molar-refractivity contribution in [3.63, 3.8) is 0 Å². The van der Waals surface area contributed by atoms with Gasteiger partial charge in [0.05, 0.1) is 13.2 Å². The van der Waals surface area contributed by atoms with Crippen molar-refractivity contribution < 1.29 is 18.9 Å². The Labute approximate surface area is 217 Å². The summed E-state index contributed by atoms with van der Waals surface area (Å²) in [5.41, 5.74) is 4.08. The molecule has 1 aliphatic carbocycles. The number of ether oxygens (including phenoxy) is 4. The summed E-state index contributed by atoms with van der Waals surface area (Å²) in [5, 5.41) is 0. The molecule has 4 heteroatoms. The van der Waals surface area contributed by atoms with E-state index in [0.29, 0.717) is 25.0 Å². The highest BCUT2D eigenvalue weighted by Gasteiger charge is 2.27. The minimum absolute atomic E-state index is 0.267. The summed E-state index contributed by atoms with van der Waals surface area (Å²) >= 11 is 0. The van der Waals surface area contributed by atoms with Gasteiger partial charge in [0.1, 0.15) is 36.9 Å². The van der Waals surface area contributed by atoms with Crippen LogP contribution in [0.2, 0.25) is 0 Å². The summed E-state index contributed by atoms with van der Waals surface area (Å²) in [4.78, 5) is 0. The van der Waals surface area contributed by atoms with Crippen LogP contribution in [-0.2, 0) is 15.9 Å². The zero-order chi connectivity index (χ0) is 24.7. The molecule has 0 saturated carbocycles. The van der Waals surface area contributed by atoms with Gasteiger partial charge in [0.15, 0.2) is 0 Å². The first-order valence-corrected chi connectivity index (χ1v) is 14.1.